The summed E-state index contributed by atoms with van der Waals surface area (Å²) in [6.45, 7) is 4.03. The Morgan fingerprint density at radius 1 is 0.933 bits per heavy atom. The smallest absolute Gasteiger partial charge is 0.293 e. The highest BCUT2D eigenvalue weighted by atomic mass is 16.2. The number of hydrogen-bond acceptors (Lipinski definition) is 4. The molecule has 5 rings (SSSR count). The van der Waals surface area contributed by atoms with Gasteiger partial charge >= 0.3 is 0 Å². The van der Waals surface area contributed by atoms with E-state index in [4.69, 9.17) is 0 Å². The van der Waals surface area contributed by atoms with E-state index < -0.39 is 0 Å². The average Bonchev–Trinajstić information content (AvgIpc) is 3.36. The first-order valence-electron chi connectivity index (χ1n) is 10.2. The van der Waals surface area contributed by atoms with E-state index >= 15 is 0 Å². The van der Waals surface area contributed by atoms with Crippen LogP contribution in [0.1, 0.15) is 32.4 Å². The van der Waals surface area contributed by atoms with Crippen LogP contribution in [0.25, 0.3) is 0 Å². The van der Waals surface area contributed by atoms with E-state index in [9.17, 15) is 9.59 Å². The Kier molecular flexibility index (Phi) is 4.58. The highest BCUT2D eigenvalue weighted by Gasteiger charge is 2.41. The number of nitrogens with zero attached hydrogens (tertiary/aromatic N) is 4. The summed E-state index contributed by atoms with van der Waals surface area (Å²) in [5, 5.41) is 11.3. The largest absolute Gasteiger partial charge is 0.338 e. The molecule has 2 aromatic carbocycles. The van der Waals surface area contributed by atoms with Crippen molar-refractivity contribution < 1.29 is 9.59 Å². The van der Waals surface area contributed by atoms with E-state index in [0.717, 1.165) is 35.6 Å². The number of benzene rings is 2. The molecule has 3 heterocycles. The number of para-hydroxylation sites is 1. The van der Waals surface area contributed by atoms with Crippen LogP contribution in [0.2, 0.25) is 0 Å². The number of likely N-dealkylation sites (tertiary alicyclic amines) is 1. The van der Waals surface area contributed by atoms with Gasteiger partial charge in [-0.15, -0.1) is 10.2 Å². The summed E-state index contributed by atoms with van der Waals surface area (Å²) >= 11 is 0. The second-order valence-corrected chi connectivity index (χ2v) is 8.12. The van der Waals surface area contributed by atoms with E-state index in [2.05, 4.69) is 15.5 Å². The van der Waals surface area contributed by atoms with Crippen molar-refractivity contribution in [2.24, 2.45) is 11.8 Å². The first-order chi connectivity index (χ1) is 14.6. The molecule has 30 heavy (non-hydrogen) atoms. The lowest BCUT2D eigenvalue weighted by atomic mass is 9.89. The molecule has 1 fully saturated rings. The molecule has 1 N–H and O–H groups in total. The van der Waals surface area contributed by atoms with Crippen LogP contribution in [-0.2, 0) is 13.0 Å². The maximum absolute atomic E-state index is 13.0. The third kappa shape index (κ3) is 3.26. The quantitative estimate of drug-likeness (QED) is 0.732. The molecule has 2 aliphatic heterocycles. The minimum Gasteiger partial charge on any atom is -0.338 e. The molecule has 2 atom stereocenters. The SMILES string of the molecule is Cc1ccccc1C(=O)N1C[C@H]2Cc3nnc(C(=O)Nc4ccccc4)n3C[C@H]2C1. The average molecular weight is 401 g/mol. The topological polar surface area (TPSA) is 80.1 Å². The van der Waals surface area contributed by atoms with Crippen LogP contribution in [-0.4, -0.2) is 44.6 Å². The van der Waals surface area contributed by atoms with E-state index in [0.29, 0.717) is 30.7 Å². The number of rotatable bonds is 3. The van der Waals surface area contributed by atoms with Gasteiger partial charge in [-0.3, -0.25) is 9.59 Å². The zero-order valence-corrected chi connectivity index (χ0v) is 16.8. The summed E-state index contributed by atoms with van der Waals surface area (Å²) in [5.74, 6) is 1.62. The van der Waals surface area contributed by atoms with E-state index in [1.807, 2.05) is 71.0 Å². The van der Waals surface area contributed by atoms with Gasteiger partial charge in [-0.2, -0.15) is 0 Å². The number of carbonyl (C=O) groups is 2. The Balaban J connectivity index is 1.32. The number of anilines is 1. The van der Waals surface area contributed by atoms with Crippen molar-refractivity contribution in [1.29, 1.82) is 0 Å². The number of nitrogens with one attached hydrogen (secondary N) is 1. The summed E-state index contributed by atoms with van der Waals surface area (Å²) in [6, 6.07) is 17.0. The molecule has 0 aliphatic carbocycles. The Bertz CT molecular complexity index is 1110. The number of hydrogen-bond donors (Lipinski definition) is 1. The molecule has 2 amide bonds. The number of amides is 2. The van der Waals surface area contributed by atoms with Crippen molar-refractivity contribution in [1.82, 2.24) is 19.7 Å². The van der Waals surface area contributed by atoms with Gasteiger partial charge in [-0.05, 0) is 42.5 Å². The van der Waals surface area contributed by atoms with E-state index in [1.54, 1.807) is 0 Å². The van der Waals surface area contributed by atoms with Gasteiger partial charge in [0, 0.05) is 37.3 Å². The third-order valence-electron chi connectivity index (χ3n) is 6.16. The standard InChI is InChI=1S/C23H23N5O2/c1-15-7-5-6-10-19(15)23(30)27-12-16-11-20-25-26-21(28(20)14-17(16)13-27)22(29)24-18-8-3-2-4-9-18/h2-10,16-17H,11-14H2,1H3,(H,24,29)/t16-,17-/m1/s1. The van der Waals surface area contributed by atoms with Crippen LogP contribution in [0.5, 0.6) is 0 Å². The molecule has 7 heteroatoms. The highest BCUT2D eigenvalue weighted by Crippen LogP contribution is 2.33. The zero-order valence-electron chi connectivity index (χ0n) is 16.8. The predicted molar refractivity (Wildman–Crippen MR) is 112 cm³/mol. The maximum Gasteiger partial charge on any atom is 0.293 e. The molecule has 0 radical (unpaired) electrons. The molecule has 0 saturated carbocycles. The van der Waals surface area contributed by atoms with Crippen LogP contribution in [0, 0.1) is 18.8 Å². The maximum atomic E-state index is 13.0. The van der Waals surface area contributed by atoms with Crippen LogP contribution in [0.3, 0.4) is 0 Å². The molecule has 152 valence electrons. The summed E-state index contributed by atoms with van der Waals surface area (Å²) in [5.41, 5.74) is 2.48. The van der Waals surface area contributed by atoms with Crippen molar-refractivity contribution >= 4 is 17.5 Å². The van der Waals surface area contributed by atoms with Crippen molar-refractivity contribution in [3.05, 3.63) is 77.4 Å². The Morgan fingerprint density at radius 3 is 2.47 bits per heavy atom. The Labute approximate surface area is 174 Å². The van der Waals surface area contributed by atoms with Crippen LogP contribution >= 0.6 is 0 Å². The molecular weight excluding hydrogens is 378 g/mol. The van der Waals surface area contributed by atoms with Gasteiger partial charge in [-0.25, -0.2) is 0 Å². The van der Waals surface area contributed by atoms with Crippen LogP contribution in [0.15, 0.2) is 54.6 Å². The number of fused-ring (bicyclic) bond motifs is 2. The minimum atomic E-state index is -0.260. The molecular formula is C23H23N5O2. The normalized spacial score (nSPS) is 19.8. The second-order valence-electron chi connectivity index (χ2n) is 8.12. The fraction of sp³-hybridized carbons (Fsp3) is 0.304. The van der Waals surface area contributed by atoms with E-state index in [-0.39, 0.29) is 11.8 Å². The minimum absolute atomic E-state index is 0.0836. The van der Waals surface area contributed by atoms with Crippen molar-refractivity contribution in [2.75, 3.05) is 18.4 Å². The third-order valence-corrected chi connectivity index (χ3v) is 6.16. The summed E-state index contributed by atoms with van der Waals surface area (Å²) in [7, 11) is 0. The molecule has 0 bridgehead atoms. The van der Waals surface area contributed by atoms with Crippen molar-refractivity contribution in [3.63, 3.8) is 0 Å². The van der Waals surface area contributed by atoms with Gasteiger partial charge in [0.25, 0.3) is 11.8 Å². The zero-order chi connectivity index (χ0) is 20.7. The van der Waals surface area contributed by atoms with Gasteiger partial charge in [0.15, 0.2) is 0 Å². The Hall–Kier alpha value is -3.48. The van der Waals surface area contributed by atoms with Gasteiger partial charge in [0.05, 0.1) is 0 Å². The monoisotopic (exact) mass is 401 g/mol. The molecule has 2 aliphatic rings. The van der Waals surface area contributed by atoms with Gasteiger partial charge in [-0.1, -0.05) is 36.4 Å². The van der Waals surface area contributed by atoms with Gasteiger partial charge in [0.1, 0.15) is 5.82 Å². The Morgan fingerprint density at radius 2 is 1.67 bits per heavy atom. The number of aromatic nitrogens is 3. The van der Waals surface area contributed by atoms with Gasteiger partial charge < -0.3 is 14.8 Å². The fourth-order valence-electron chi connectivity index (χ4n) is 4.55. The molecule has 0 spiro atoms. The second kappa shape index (κ2) is 7.40. The highest BCUT2D eigenvalue weighted by molar-refractivity contribution is 6.01. The lowest BCUT2D eigenvalue weighted by Crippen LogP contribution is -2.31. The molecule has 0 unspecified atom stereocenters. The first-order valence-corrected chi connectivity index (χ1v) is 10.2. The summed E-state index contributed by atoms with van der Waals surface area (Å²) in [4.78, 5) is 27.7. The summed E-state index contributed by atoms with van der Waals surface area (Å²) in [6.07, 6.45) is 0.730. The number of aryl methyl sites for hydroxylation is 1. The molecule has 3 aromatic rings. The van der Waals surface area contributed by atoms with Gasteiger partial charge in [0.2, 0.25) is 5.82 Å². The lowest BCUT2D eigenvalue weighted by Gasteiger charge is -2.25. The lowest BCUT2D eigenvalue weighted by molar-refractivity contribution is 0.0782. The number of carbonyl (C=O) groups excluding carboxylic acids is 2. The van der Waals surface area contributed by atoms with Crippen LogP contribution in [0.4, 0.5) is 5.69 Å². The summed E-state index contributed by atoms with van der Waals surface area (Å²) < 4.78 is 1.92. The molecule has 1 aromatic heterocycles. The van der Waals surface area contributed by atoms with Crippen molar-refractivity contribution in [3.8, 4) is 0 Å². The fourth-order valence-corrected chi connectivity index (χ4v) is 4.55. The first kappa shape index (κ1) is 18.5. The molecule has 7 nitrogen and oxygen atoms in total. The van der Waals surface area contributed by atoms with Crippen molar-refractivity contribution in [2.45, 2.75) is 19.9 Å². The molecule has 1 saturated heterocycles. The predicted octanol–water partition coefficient (Wildman–Crippen LogP) is 2.78. The van der Waals surface area contributed by atoms with Crippen LogP contribution < -0.4 is 5.32 Å². The van der Waals surface area contributed by atoms with E-state index in [1.165, 1.54) is 0 Å².